The third-order valence-corrected chi connectivity index (χ3v) is 1.45. The summed E-state index contributed by atoms with van der Waals surface area (Å²) in [5.74, 6) is 0. The van der Waals surface area contributed by atoms with E-state index in [0.717, 1.165) is 6.42 Å². The Labute approximate surface area is 58.4 Å². The van der Waals surface area contributed by atoms with E-state index in [1.807, 2.05) is 0 Å². The van der Waals surface area contributed by atoms with Gasteiger partial charge in [0.15, 0.2) is 0 Å². The van der Waals surface area contributed by atoms with Gasteiger partial charge in [-0.2, -0.15) is 0 Å². The van der Waals surface area contributed by atoms with Crippen LogP contribution in [0, 0.1) is 0 Å². The van der Waals surface area contributed by atoms with Gasteiger partial charge < -0.3 is 4.90 Å². The molecule has 1 heteroatoms. The van der Waals surface area contributed by atoms with E-state index in [1.165, 1.54) is 11.3 Å². The Morgan fingerprint density at radius 1 is 1.22 bits per heavy atom. The lowest BCUT2D eigenvalue weighted by Gasteiger charge is -2.17. The monoisotopic (exact) mass is 127 g/mol. The van der Waals surface area contributed by atoms with Gasteiger partial charge in [0.25, 0.3) is 0 Å². The molecule has 0 unspecified atom stereocenters. The normalized spacial score (nSPS) is 9.00. The molecule has 0 aliphatic carbocycles. The van der Waals surface area contributed by atoms with Crippen molar-refractivity contribution in [2.24, 2.45) is 0 Å². The second kappa shape index (κ2) is 3.54. The van der Waals surface area contributed by atoms with Crippen molar-refractivity contribution in [3.63, 3.8) is 0 Å². The van der Waals surface area contributed by atoms with Gasteiger partial charge in [-0.3, -0.25) is 0 Å². The second-order valence-electron chi connectivity index (χ2n) is 2.69. The first-order chi connectivity index (χ1) is 4.09. The van der Waals surface area contributed by atoms with Crippen molar-refractivity contribution in [1.29, 1.82) is 0 Å². The van der Waals surface area contributed by atoms with E-state index in [2.05, 4.69) is 39.8 Å². The molecule has 0 fully saturated rings. The van der Waals surface area contributed by atoms with Gasteiger partial charge in [-0.1, -0.05) is 12.5 Å². The average molecular weight is 127 g/mol. The summed E-state index contributed by atoms with van der Waals surface area (Å²) in [5, 5.41) is 0. The molecule has 0 aromatic carbocycles. The van der Waals surface area contributed by atoms with E-state index >= 15 is 0 Å². The Kier molecular flexibility index (Phi) is 3.36. The molecule has 0 radical (unpaired) electrons. The third-order valence-electron chi connectivity index (χ3n) is 1.45. The van der Waals surface area contributed by atoms with Crippen LogP contribution < -0.4 is 0 Å². The topological polar surface area (TPSA) is 3.24 Å². The van der Waals surface area contributed by atoms with E-state index < -0.39 is 0 Å². The van der Waals surface area contributed by atoms with Crippen molar-refractivity contribution in [2.75, 3.05) is 14.1 Å². The van der Waals surface area contributed by atoms with Crippen molar-refractivity contribution in [2.45, 2.75) is 27.2 Å². The summed E-state index contributed by atoms with van der Waals surface area (Å²) in [7, 11) is 4.18. The lowest BCUT2D eigenvalue weighted by atomic mass is 10.2. The van der Waals surface area contributed by atoms with Crippen LogP contribution in [-0.2, 0) is 0 Å². The lowest BCUT2D eigenvalue weighted by Crippen LogP contribution is -2.11. The fraction of sp³-hybridized carbons (Fsp3) is 0.750. The van der Waals surface area contributed by atoms with Crippen molar-refractivity contribution in [1.82, 2.24) is 4.90 Å². The van der Waals surface area contributed by atoms with E-state index in [9.17, 15) is 0 Å². The van der Waals surface area contributed by atoms with Crippen LogP contribution in [0.5, 0.6) is 0 Å². The minimum absolute atomic E-state index is 1.13. The smallest absolute Gasteiger partial charge is 0.0111 e. The highest BCUT2D eigenvalue weighted by Crippen LogP contribution is 2.08. The highest BCUT2D eigenvalue weighted by atomic mass is 15.1. The van der Waals surface area contributed by atoms with Crippen LogP contribution in [0.25, 0.3) is 0 Å². The number of allylic oxidation sites excluding steroid dienone is 2. The van der Waals surface area contributed by atoms with E-state index in [-0.39, 0.29) is 0 Å². The summed E-state index contributed by atoms with van der Waals surface area (Å²) >= 11 is 0. The molecule has 9 heavy (non-hydrogen) atoms. The maximum absolute atomic E-state index is 2.18. The molecule has 54 valence electrons. The van der Waals surface area contributed by atoms with E-state index in [4.69, 9.17) is 0 Å². The lowest BCUT2D eigenvalue weighted by molar-refractivity contribution is 0.487. The third kappa shape index (κ3) is 2.54. The van der Waals surface area contributed by atoms with Crippen molar-refractivity contribution in [3.8, 4) is 0 Å². The molecule has 0 heterocycles. The summed E-state index contributed by atoms with van der Waals surface area (Å²) < 4.78 is 0. The zero-order valence-electron chi connectivity index (χ0n) is 7.15. The van der Waals surface area contributed by atoms with Gasteiger partial charge >= 0.3 is 0 Å². The van der Waals surface area contributed by atoms with Crippen LogP contribution >= 0.6 is 0 Å². The maximum atomic E-state index is 2.18. The Hall–Kier alpha value is -0.460. The minimum atomic E-state index is 1.13. The number of hydrogen-bond donors (Lipinski definition) is 0. The predicted octanol–water partition coefficient (Wildman–Crippen LogP) is 2.25. The van der Waals surface area contributed by atoms with Gasteiger partial charge in [-0.15, -0.1) is 0 Å². The molecule has 1 nitrogen and oxygen atoms in total. The van der Waals surface area contributed by atoms with E-state index in [1.54, 1.807) is 0 Å². The van der Waals surface area contributed by atoms with Gasteiger partial charge in [0.2, 0.25) is 0 Å². The zero-order valence-corrected chi connectivity index (χ0v) is 7.15. The van der Waals surface area contributed by atoms with Crippen molar-refractivity contribution in [3.05, 3.63) is 11.3 Å². The van der Waals surface area contributed by atoms with Gasteiger partial charge in [-0.25, -0.2) is 0 Å². The molecule has 0 aliphatic heterocycles. The fourth-order valence-corrected chi connectivity index (χ4v) is 1.12. The van der Waals surface area contributed by atoms with Crippen LogP contribution in [0.2, 0.25) is 0 Å². The quantitative estimate of drug-likeness (QED) is 0.550. The molecule has 0 aliphatic rings. The molecule has 0 spiro atoms. The molecule has 0 aromatic rings. The molecule has 0 saturated carbocycles. The highest BCUT2D eigenvalue weighted by Gasteiger charge is 1.96. The summed E-state index contributed by atoms with van der Waals surface area (Å²) in [5.41, 5.74) is 2.86. The van der Waals surface area contributed by atoms with Gasteiger partial charge in [0, 0.05) is 19.8 Å². The number of hydrogen-bond acceptors (Lipinski definition) is 1. The summed E-state index contributed by atoms with van der Waals surface area (Å²) in [4.78, 5) is 2.18. The standard InChI is InChI=1S/C8H17N/c1-6-8(7(2)3)9(4)5/h6H2,1-5H3. The van der Waals surface area contributed by atoms with Gasteiger partial charge in [-0.05, 0) is 20.3 Å². The van der Waals surface area contributed by atoms with Crippen LogP contribution in [0.15, 0.2) is 11.3 Å². The van der Waals surface area contributed by atoms with Crippen LogP contribution in [0.3, 0.4) is 0 Å². The largest absolute Gasteiger partial charge is 0.381 e. The Morgan fingerprint density at radius 3 is 1.67 bits per heavy atom. The molecular weight excluding hydrogens is 110 g/mol. The van der Waals surface area contributed by atoms with Crippen LogP contribution in [0.1, 0.15) is 27.2 Å². The van der Waals surface area contributed by atoms with Crippen LogP contribution in [-0.4, -0.2) is 19.0 Å². The average Bonchev–Trinajstić information content (AvgIpc) is 1.64. The maximum Gasteiger partial charge on any atom is 0.0111 e. The van der Waals surface area contributed by atoms with Gasteiger partial charge in [0.1, 0.15) is 0 Å². The molecule has 0 saturated heterocycles. The molecule has 0 aromatic heterocycles. The number of rotatable bonds is 2. The molecule has 0 bridgehead atoms. The van der Waals surface area contributed by atoms with Gasteiger partial charge in [0.05, 0.1) is 0 Å². The first-order valence-corrected chi connectivity index (χ1v) is 3.43. The Morgan fingerprint density at radius 2 is 1.67 bits per heavy atom. The Balaban J connectivity index is 4.16. The zero-order chi connectivity index (χ0) is 7.44. The summed E-state index contributed by atoms with van der Waals surface area (Å²) in [6.45, 7) is 6.49. The molecule has 0 atom stereocenters. The summed E-state index contributed by atoms with van der Waals surface area (Å²) in [6.07, 6.45) is 1.13. The fourth-order valence-electron chi connectivity index (χ4n) is 1.12. The number of nitrogens with zero attached hydrogens (tertiary/aromatic N) is 1. The molecule has 0 rings (SSSR count). The second-order valence-corrected chi connectivity index (χ2v) is 2.69. The Bertz CT molecular complexity index is 108. The molecule has 0 N–H and O–H groups in total. The minimum Gasteiger partial charge on any atom is -0.381 e. The molecule has 0 amide bonds. The predicted molar refractivity (Wildman–Crippen MR) is 42.4 cm³/mol. The highest BCUT2D eigenvalue weighted by molar-refractivity contribution is 5.06. The van der Waals surface area contributed by atoms with Crippen molar-refractivity contribution < 1.29 is 0 Å². The van der Waals surface area contributed by atoms with E-state index in [0.29, 0.717) is 0 Å². The first kappa shape index (κ1) is 8.54. The summed E-state index contributed by atoms with van der Waals surface area (Å²) in [6, 6.07) is 0. The SMILES string of the molecule is CCC(=C(C)C)N(C)C. The van der Waals surface area contributed by atoms with Crippen molar-refractivity contribution >= 4 is 0 Å². The van der Waals surface area contributed by atoms with Crippen LogP contribution in [0.4, 0.5) is 0 Å². The first-order valence-electron chi connectivity index (χ1n) is 3.43. The molecular formula is C8H17N.